The summed E-state index contributed by atoms with van der Waals surface area (Å²) in [4.78, 5) is 11.0. The molecule has 1 unspecified atom stereocenters. The molecule has 1 aromatic heterocycles. The van der Waals surface area contributed by atoms with Gasteiger partial charge in [-0.15, -0.1) is 13.2 Å². The van der Waals surface area contributed by atoms with E-state index >= 15 is 0 Å². The first-order chi connectivity index (χ1) is 15.0. The number of alkyl halides is 6. The van der Waals surface area contributed by atoms with Gasteiger partial charge in [0.2, 0.25) is 5.95 Å². The van der Waals surface area contributed by atoms with Crippen molar-refractivity contribution in [2.45, 2.75) is 18.6 Å². The molecule has 1 aromatic carbocycles. The highest BCUT2D eigenvalue weighted by molar-refractivity contribution is 5.32. The molecule has 1 aliphatic heterocycles. The first-order valence-corrected chi connectivity index (χ1v) is 9.54. The number of aliphatic hydroxyl groups excluding tert-OH is 1. The summed E-state index contributed by atoms with van der Waals surface area (Å²) < 4.78 is 84.1. The van der Waals surface area contributed by atoms with Crippen LogP contribution >= 0.6 is 0 Å². The van der Waals surface area contributed by atoms with Gasteiger partial charge in [0.1, 0.15) is 29.9 Å². The third kappa shape index (κ3) is 7.12. The Bertz CT molecular complexity index is 871. The van der Waals surface area contributed by atoms with Gasteiger partial charge in [-0.2, -0.15) is 13.2 Å². The molecule has 1 aliphatic rings. The van der Waals surface area contributed by atoms with E-state index in [2.05, 4.69) is 14.7 Å². The number of rotatable bonds is 7. The SMILES string of the molecule is OC(COc1ccc(OC(F)(F)F)cc1)CN1CCN(c2nccc(C(F)(F)F)n2)CC1. The second-order valence-electron chi connectivity index (χ2n) is 7.01. The van der Waals surface area contributed by atoms with Crippen LogP contribution in [0, 0.1) is 0 Å². The fraction of sp³-hybridized carbons (Fsp3) is 0.474. The minimum absolute atomic E-state index is 0.00121. The van der Waals surface area contributed by atoms with Gasteiger partial charge in [0.05, 0.1) is 0 Å². The number of aliphatic hydroxyl groups is 1. The predicted octanol–water partition coefficient (Wildman–Crippen LogP) is 2.96. The van der Waals surface area contributed by atoms with E-state index in [0.29, 0.717) is 26.2 Å². The quantitative estimate of drug-likeness (QED) is 0.630. The van der Waals surface area contributed by atoms with Crippen LogP contribution in [0.3, 0.4) is 0 Å². The van der Waals surface area contributed by atoms with Crippen molar-refractivity contribution in [2.75, 3.05) is 44.2 Å². The molecule has 0 radical (unpaired) electrons. The molecule has 2 heterocycles. The number of nitrogens with zero attached hydrogens (tertiary/aromatic N) is 4. The molecule has 2 aromatic rings. The van der Waals surface area contributed by atoms with Gasteiger partial charge in [-0.3, -0.25) is 4.90 Å². The molecule has 1 fully saturated rings. The Hall–Kier alpha value is -2.80. The van der Waals surface area contributed by atoms with Gasteiger partial charge in [-0.05, 0) is 30.3 Å². The minimum Gasteiger partial charge on any atom is -0.491 e. The van der Waals surface area contributed by atoms with E-state index in [1.165, 1.54) is 12.1 Å². The van der Waals surface area contributed by atoms with E-state index < -0.39 is 24.3 Å². The van der Waals surface area contributed by atoms with Crippen molar-refractivity contribution >= 4 is 5.95 Å². The molecule has 1 saturated heterocycles. The number of aromatic nitrogens is 2. The molecular weight excluding hydrogens is 446 g/mol. The maximum absolute atomic E-state index is 12.8. The molecule has 32 heavy (non-hydrogen) atoms. The molecule has 0 bridgehead atoms. The third-order valence-electron chi connectivity index (χ3n) is 4.56. The summed E-state index contributed by atoms with van der Waals surface area (Å²) in [5.74, 6) is -0.112. The van der Waals surface area contributed by atoms with Crippen LogP contribution in [0.15, 0.2) is 36.5 Å². The number of β-amino-alcohol motifs (C(OH)–C–C–N with tert-alkyl or cyclic N) is 1. The zero-order valence-electron chi connectivity index (χ0n) is 16.6. The minimum atomic E-state index is -4.78. The highest BCUT2D eigenvalue weighted by atomic mass is 19.4. The van der Waals surface area contributed by atoms with Crippen LogP contribution in [0.5, 0.6) is 11.5 Å². The molecule has 13 heteroatoms. The van der Waals surface area contributed by atoms with Crippen molar-refractivity contribution in [1.29, 1.82) is 0 Å². The first kappa shape index (κ1) is 23.9. The van der Waals surface area contributed by atoms with E-state index in [0.717, 1.165) is 24.4 Å². The van der Waals surface area contributed by atoms with Crippen LogP contribution in [0.25, 0.3) is 0 Å². The van der Waals surface area contributed by atoms with Crippen LogP contribution in [-0.2, 0) is 6.18 Å². The van der Waals surface area contributed by atoms with Crippen LogP contribution in [0.2, 0.25) is 0 Å². The van der Waals surface area contributed by atoms with E-state index in [1.54, 1.807) is 4.90 Å². The summed E-state index contributed by atoms with van der Waals surface area (Å²) >= 11 is 0. The monoisotopic (exact) mass is 466 g/mol. The Balaban J connectivity index is 1.42. The van der Waals surface area contributed by atoms with Crippen molar-refractivity contribution in [3.63, 3.8) is 0 Å². The lowest BCUT2D eigenvalue weighted by Crippen LogP contribution is -2.49. The molecule has 3 rings (SSSR count). The lowest BCUT2D eigenvalue weighted by atomic mass is 10.2. The van der Waals surface area contributed by atoms with Crippen molar-refractivity contribution in [1.82, 2.24) is 14.9 Å². The Morgan fingerprint density at radius 3 is 2.16 bits per heavy atom. The number of piperazine rings is 1. The van der Waals surface area contributed by atoms with Crippen LogP contribution in [0.4, 0.5) is 32.3 Å². The van der Waals surface area contributed by atoms with Crippen molar-refractivity contribution in [3.8, 4) is 11.5 Å². The van der Waals surface area contributed by atoms with Gasteiger partial charge in [0.15, 0.2) is 0 Å². The molecular formula is C19H20F6N4O3. The molecule has 0 amide bonds. The summed E-state index contributed by atoms with van der Waals surface area (Å²) in [6.07, 6.45) is -9.14. The van der Waals surface area contributed by atoms with E-state index in [9.17, 15) is 31.4 Å². The summed E-state index contributed by atoms with van der Waals surface area (Å²) in [7, 11) is 0. The van der Waals surface area contributed by atoms with E-state index in [4.69, 9.17) is 4.74 Å². The normalized spacial score (nSPS) is 16.7. The number of anilines is 1. The van der Waals surface area contributed by atoms with Gasteiger partial charge in [-0.1, -0.05) is 0 Å². The molecule has 0 aliphatic carbocycles. The lowest BCUT2D eigenvalue weighted by Gasteiger charge is -2.35. The molecule has 0 saturated carbocycles. The summed E-state index contributed by atoms with van der Waals surface area (Å²) in [6.45, 7) is 1.88. The average Bonchev–Trinajstić information content (AvgIpc) is 2.72. The number of benzene rings is 1. The summed E-state index contributed by atoms with van der Waals surface area (Å²) in [5.41, 5.74) is -1.00. The zero-order valence-corrected chi connectivity index (χ0v) is 16.6. The molecule has 1 atom stereocenters. The summed E-state index contributed by atoms with van der Waals surface area (Å²) in [6, 6.07) is 5.60. The Morgan fingerprint density at radius 2 is 1.56 bits per heavy atom. The molecule has 0 spiro atoms. The average molecular weight is 466 g/mol. The number of ether oxygens (including phenoxy) is 2. The fourth-order valence-electron chi connectivity index (χ4n) is 3.07. The van der Waals surface area contributed by atoms with Crippen LogP contribution in [-0.4, -0.2) is 71.8 Å². The third-order valence-corrected chi connectivity index (χ3v) is 4.56. The molecule has 1 N–H and O–H groups in total. The van der Waals surface area contributed by atoms with Crippen molar-refractivity contribution in [3.05, 3.63) is 42.2 Å². The van der Waals surface area contributed by atoms with Gasteiger partial charge < -0.3 is 19.5 Å². The van der Waals surface area contributed by atoms with Gasteiger partial charge >= 0.3 is 12.5 Å². The van der Waals surface area contributed by atoms with Crippen LogP contribution in [0.1, 0.15) is 5.69 Å². The predicted molar refractivity (Wildman–Crippen MR) is 100 cm³/mol. The second kappa shape index (κ2) is 9.77. The Morgan fingerprint density at radius 1 is 0.938 bits per heavy atom. The van der Waals surface area contributed by atoms with Crippen LogP contribution < -0.4 is 14.4 Å². The first-order valence-electron chi connectivity index (χ1n) is 9.54. The Kier molecular flexibility index (Phi) is 7.29. The highest BCUT2D eigenvalue weighted by Gasteiger charge is 2.33. The maximum Gasteiger partial charge on any atom is 0.573 e. The smallest absolute Gasteiger partial charge is 0.491 e. The Labute approximate surface area is 179 Å². The standard InChI is InChI=1S/C19H20F6N4O3/c20-18(21,22)16-5-6-26-17(27-16)29-9-7-28(8-10-29)11-13(30)12-31-14-1-3-15(4-2-14)32-19(23,24)25/h1-6,13,30H,7-12H2. The number of hydrogen-bond donors (Lipinski definition) is 1. The van der Waals surface area contributed by atoms with E-state index in [1.807, 2.05) is 4.90 Å². The topological polar surface area (TPSA) is 71.0 Å². The molecule has 176 valence electrons. The van der Waals surface area contributed by atoms with Gasteiger partial charge in [0.25, 0.3) is 0 Å². The number of hydrogen-bond acceptors (Lipinski definition) is 7. The largest absolute Gasteiger partial charge is 0.573 e. The zero-order chi connectivity index (χ0) is 23.4. The van der Waals surface area contributed by atoms with E-state index in [-0.39, 0.29) is 30.6 Å². The fourth-order valence-corrected chi connectivity index (χ4v) is 3.07. The lowest BCUT2D eigenvalue weighted by molar-refractivity contribution is -0.274. The highest BCUT2D eigenvalue weighted by Crippen LogP contribution is 2.28. The molecule has 7 nitrogen and oxygen atoms in total. The number of halogens is 6. The maximum atomic E-state index is 12.8. The van der Waals surface area contributed by atoms with Crippen molar-refractivity contribution < 1.29 is 40.9 Å². The van der Waals surface area contributed by atoms with Gasteiger partial charge in [-0.25, -0.2) is 9.97 Å². The van der Waals surface area contributed by atoms with Crippen molar-refractivity contribution in [2.24, 2.45) is 0 Å². The second-order valence-corrected chi connectivity index (χ2v) is 7.01. The van der Waals surface area contributed by atoms with Gasteiger partial charge in [0, 0.05) is 38.9 Å². The summed E-state index contributed by atoms with van der Waals surface area (Å²) in [5, 5.41) is 10.2.